The number of hydrogen-bond donors (Lipinski definition) is 1. The van der Waals surface area contributed by atoms with Gasteiger partial charge in [-0.15, -0.1) is 0 Å². The number of nitrogens with zero attached hydrogens (tertiary/aromatic N) is 2. The molecule has 0 saturated carbocycles. The van der Waals surface area contributed by atoms with Crippen LogP contribution in [0.1, 0.15) is 20.3 Å². The molecule has 0 radical (unpaired) electrons. The van der Waals surface area contributed by atoms with Gasteiger partial charge >= 0.3 is 0 Å². The van der Waals surface area contributed by atoms with E-state index in [4.69, 9.17) is 14.7 Å². The first-order chi connectivity index (χ1) is 7.50. The lowest BCUT2D eigenvalue weighted by molar-refractivity contribution is -0.167. The van der Waals surface area contributed by atoms with Crippen LogP contribution in [-0.2, 0) is 9.47 Å². The van der Waals surface area contributed by atoms with E-state index in [0.717, 1.165) is 0 Å². The highest BCUT2D eigenvalue weighted by atomic mass is 16.8. The number of aliphatic hydroxyl groups excluding tert-OH is 1. The van der Waals surface area contributed by atoms with Crippen LogP contribution in [0.3, 0.4) is 0 Å². The molecular formula is C11H18N2O3. The van der Waals surface area contributed by atoms with Gasteiger partial charge in [-0.1, -0.05) is 0 Å². The van der Waals surface area contributed by atoms with E-state index in [9.17, 15) is 5.11 Å². The zero-order valence-corrected chi connectivity index (χ0v) is 9.88. The molecule has 2 rings (SSSR count). The minimum atomic E-state index is -0.613. The molecule has 0 aromatic heterocycles. The third kappa shape index (κ3) is 1.72. The summed E-state index contributed by atoms with van der Waals surface area (Å²) in [5.74, 6) is -0.613. The Balaban J connectivity index is 2.21. The zero-order valence-electron chi connectivity index (χ0n) is 9.88. The second-order valence-electron chi connectivity index (χ2n) is 4.91. The fraction of sp³-hybridized carbons (Fsp3) is 0.909. The number of likely N-dealkylation sites (N-methyl/N-ethyl adjacent to an activating group) is 1. The summed E-state index contributed by atoms with van der Waals surface area (Å²) >= 11 is 0. The van der Waals surface area contributed by atoms with Gasteiger partial charge in [0.05, 0.1) is 31.2 Å². The summed E-state index contributed by atoms with van der Waals surface area (Å²) in [6.45, 7) is 3.76. The number of nitriles is 1. The van der Waals surface area contributed by atoms with E-state index in [-0.39, 0.29) is 30.9 Å². The first-order valence-electron chi connectivity index (χ1n) is 5.55. The average molecular weight is 226 g/mol. The largest absolute Gasteiger partial charge is 0.395 e. The first kappa shape index (κ1) is 11.8. The number of ether oxygens (including phenoxy) is 2. The fourth-order valence-electron chi connectivity index (χ4n) is 2.71. The molecule has 0 aromatic rings. The number of rotatable bonds is 2. The van der Waals surface area contributed by atoms with E-state index < -0.39 is 5.79 Å². The Kier molecular flexibility index (Phi) is 2.93. The van der Waals surface area contributed by atoms with E-state index in [2.05, 4.69) is 6.07 Å². The third-order valence-corrected chi connectivity index (χ3v) is 3.46. The van der Waals surface area contributed by atoms with Crippen molar-refractivity contribution in [2.75, 3.05) is 13.7 Å². The summed E-state index contributed by atoms with van der Waals surface area (Å²) in [6.07, 6.45) is 0.147. The van der Waals surface area contributed by atoms with Gasteiger partial charge in [-0.2, -0.15) is 5.26 Å². The Labute approximate surface area is 95.6 Å². The highest BCUT2D eigenvalue weighted by Gasteiger charge is 2.56. The molecule has 2 aliphatic rings. The molecule has 2 heterocycles. The quantitative estimate of drug-likeness (QED) is 0.723. The average Bonchev–Trinajstić information content (AvgIpc) is 2.61. The van der Waals surface area contributed by atoms with Gasteiger partial charge in [-0.05, 0) is 20.9 Å². The third-order valence-electron chi connectivity index (χ3n) is 3.46. The van der Waals surface area contributed by atoms with Gasteiger partial charge in [-0.25, -0.2) is 0 Å². The molecule has 2 fully saturated rings. The van der Waals surface area contributed by atoms with Crippen LogP contribution in [0.5, 0.6) is 0 Å². The SMILES string of the molecule is CN1C(CO)C2OC(C)(C)OC2C1CC#N. The standard InChI is InChI=1S/C11H18N2O3/c1-11(2)15-9-7(4-5-12)13(3)8(6-14)10(9)16-11/h7-10,14H,4,6H2,1-3H3. The van der Waals surface area contributed by atoms with Crippen LogP contribution in [0.25, 0.3) is 0 Å². The number of likely N-dealkylation sites (tertiary alicyclic amines) is 1. The van der Waals surface area contributed by atoms with Crippen LogP contribution >= 0.6 is 0 Å². The summed E-state index contributed by atoms with van der Waals surface area (Å²) in [5.41, 5.74) is 0. The summed E-state index contributed by atoms with van der Waals surface area (Å²) in [6, 6.07) is 2.10. The second-order valence-corrected chi connectivity index (χ2v) is 4.91. The Bertz CT molecular complexity index is 313. The molecule has 2 saturated heterocycles. The van der Waals surface area contributed by atoms with Crippen molar-refractivity contribution < 1.29 is 14.6 Å². The minimum absolute atomic E-state index is 0.00826. The van der Waals surface area contributed by atoms with Crippen LogP contribution < -0.4 is 0 Å². The van der Waals surface area contributed by atoms with E-state index in [1.54, 1.807) is 0 Å². The molecular weight excluding hydrogens is 208 g/mol. The molecule has 4 unspecified atom stereocenters. The maximum atomic E-state index is 9.38. The van der Waals surface area contributed by atoms with Gasteiger partial charge in [0.25, 0.3) is 0 Å². The highest BCUT2D eigenvalue weighted by molar-refractivity contribution is 5.06. The molecule has 5 heteroatoms. The zero-order chi connectivity index (χ0) is 11.9. The smallest absolute Gasteiger partial charge is 0.163 e. The van der Waals surface area contributed by atoms with Crippen LogP contribution in [0, 0.1) is 11.3 Å². The van der Waals surface area contributed by atoms with E-state index in [1.165, 1.54) is 0 Å². The molecule has 0 amide bonds. The molecule has 0 aliphatic carbocycles. The molecule has 90 valence electrons. The summed E-state index contributed by atoms with van der Waals surface area (Å²) in [5, 5.41) is 18.2. The molecule has 1 N–H and O–H groups in total. The van der Waals surface area contributed by atoms with Crippen molar-refractivity contribution in [1.82, 2.24) is 4.90 Å². The highest BCUT2D eigenvalue weighted by Crippen LogP contribution is 2.40. The summed E-state index contributed by atoms with van der Waals surface area (Å²) in [4.78, 5) is 1.99. The van der Waals surface area contributed by atoms with Gasteiger partial charge in [0.1, 0.15) is 12.2 Å². The van der Waals surface area contributed by atoms with Crippen molar-refractivity contribution in [1.29, 1.82) is 5.26 Å². The van der Waals surface area contributed by atoms with Crippen molar-refractivity contribution in [3.63, 3.8) is 0 Å². The first-order valence-corrected chi connectivity index (χ1v) is 5.55. The lowest BCUT2D eigenvalue weighted by atomic mass is 10.1. The molecule has 0 bridgehead atoms. The van der Waals surface area contributed by atoms with Crippen LogP contribution in [0.4, 0.5) is 0 Å². The predicted molar refractivity (Wildman–Crippen MR) is 56.5 cm³/mol. The van der Waals surface area contributed by atoms with Crippen molar-refractivity contribution >= 4 is 0 Å². The van der Waals surface area contributed by atoms with Crippen molar-refractivity contribution in [2.45, 2.75) is 50.3 Å². The molecule has 0 spiro atoms. The van der Waals surface area contributed by atoms with E-state index in [1.807, 2.05) is 25.8 Å². The fourth-order valence-corrected chi connectivity index (χ4v) is 2.71. The topological polar surface area (TPSA) is 65.7 Å². The Morgan fingerprint density at radius 2 is 1.88 bits per heavy atom. The molecule has 4 atom stereocenters. The normalized spacial score (nSPS) is 41.9. The second kappa shape index (κ2) is 3.97. The summed E-state index contributed by atoms with van der Waals surface area (Å²) < 4.78 is 11.6. The van der Waals surface area contributed by atoms with E-state index >= 15 is 0 Å². The van der Waals surface area contributed by atoms with Gasteiger partial charge in [0.2, 0.25) is 0 Å². The Morgan fingerprint density at radius 3 is 2.38 bits per heavy atom. The van der Waals surface area contributed by atoms with Gasteiger partial charge in [0, 0.05) is 0 Å². The van der Waals surface area contributed by atoms with Crippen molar-refractivity contribution in [2.24, 2.45) is 0 Å². The number of fused-ring (bicyclic) bond motifs is 1. The van der Waals surface area contributed by atoms with Gasteiger partial charge in [0.15, 0.2) is 5.79 Å². The van der Waals surface area contributed by atoms with Crippen molar-refractivity contribution in [3.8, 4) is 6.07 Å². The van der Waals surface area contributed by atoms with E-state index in [0.29, 0.717) is 6.42 Å². The lowest BCUT2D eigenvalue weighted by Crippen LogP contribution is -2.41. The molecule has 5 nitrogen and oxygen atoms in total. The maximum absolute atomic E-state index is 9.38. The monoisotopic (exact) mass is 226 g/mol. The van der Waals surface area contributed by atoms with Crippen molar-refractivity contribution in [3.05, 3.63) is 0 Å². The molecule has 0 aromatic carbocycles. The predicted octanol–water partition coefficient (Wildman–Crippen LogP) is 0.0951. The van der Waals surface area contributed by atoms with Crippen LogP contribution in [0.15, 0.2) is 0 Å². The number of hydrogen-bond acceptors (Lipinski definition) is 5. The Hall–Kier alpha value is -0.670. The molecule has 2 aliphatic heterocycles. The minimum Gasteiger partial charge on any atom is -0.395 e. The van der Waals surface area contributed by atoms with Crippen LogP contribution in [-0.4, -0.2) is 53.7 Å². The molecule has 16 heavy (non-hydrogen) atoms. The Morgan fingerprint density at radius 1 is 1.31 bits per heavy atom. The van der Waals surface area contributed by atoms with Gasteiger partial charge < -0.3 is 14.6 Å². The summed E-state index contributed by atoms with van der Waals surface area (Å²) in [7, 11) is 1.90. The lowest BCUT2D eigenvalue weighted by Gasteiger charge is -2.29. The maximum Gasteiger partial charge on any atom is 0.163 e. The van der Waals surface area contributed by atoms with Crippen LogP contribution in [0.2, 0.25) is 0 Å². The van der Waals surface area contributed by atoms with Gasteiger partial charge in [-0.3, -0.25) is 4.90 Å². The number of aliphatic hydroxyl groups is 1.